The Bertz CT molecular complexity index is 470. The molecule has 2 atom stereocenters. The van der Waals surface area contributed by atoms with E-state index >= 15 is 0 Å². The maximum atomic E-state index is 12.1. The Hall–Kier alpha value is -1.84. The molecule has 1 aromatic rings. The first-order chi connectivity index (χ1) is 8.59. The van der Waals surface area contributed by atoms with Gasteiger partial charge < -0.3 is 10.4 Å². The predicted molar refractivity (Wildman–Crippen MR) is 67.4 cm³/mol. The van der Waals surface area contributed by atoms with E-state index in [1.807, 2.05) is 25.1 Å². The van der Waals surface area contributed by atoms with Crippen LogP contribution < -0.4 is 5.32 Å². The summed E-state index contributed by atoms with van der Waals surface area (Å²) < 4.78 is 0. The summed E-state index contributed by atoms with van der Waals surface area (Å²) in [4.78, 5) is 23.1. The number of rotatable bonds is 3. The summed E-state index contributed by atoms with van der Waals surface area (Å²) >= 11 is 0. The van der Waals surface area contributed by atoms with Crippen LogP contribution in [-0.2, 0) is 4.79 Å². The summed E-state index contributed by atoms with van der Waals surface area (Å²) in [7, 11) is 0. The second kappa shape index (κ2) is 5.21. The molecule has 0 radical (unpaired) electrons. The monoisotopic (exact) mass is 247 g/mol. The number of amides is 1. The van der Waals surface area contributed by atoms with E-state index in [2.05, 4.69) is 5.32 Å². The molecule has 1 amide bonds. The number of nitrogens with one attached hydrogen (secondary N) is 1. The fourth-order valence-corrected chi connectivity index (χ4v) is 2.50. The van der Waals surface area contributed by atoms with Crippen LogP contribution in [0, 0.1) is 12.8 Å². The van der Waals surface area contributed by atoms with Gasteiger partial charge in [-0.2, -0.15) is 0 Å². The van der Waals surface area contributed by atoms with E-state index in [1.54, 1.807) is 6.07 Å². The fourth-order valence-electron chi connectivity index (χ4n) is 2.50. The van der Waals surface area contributed by atoms with E-state index in [0.717, 1.165) is 18.4 Å². The summed E-state index contributed by atoms with van der Waals surface area (Å²) in [6, 6.07) is 7.08. The Balaban J connectivity index is 2.08. The number of aliphatic carboxylic acids is 1. The molecule has 2 N–H and O–H groups in total. The summed E-state index contributed by atoms with van der Waals surface area (Å²) in [5.74, 6) is -1.44. The van der Waals surface area contributed by atoms with Crippen LogP contribution in [0.15, 0.2) is 24.3 Å². The lowest BCUT2D eigenvalue weighted by atomic mass is 10.0. The van der Waals surface area contributed by atoms with Crippen molar-refractivity contribution in [3.8, 4) is 0 Å². The zero-order valence-corrected chi connectivity index (χ0v) is 10.3. The first-order valence-corrected chi connectivity index (χ1v) is 6.19. The highest BCUT2D eigenvalue weighted by Gasteiger charge is 2.34. The third-order valence-electron chi connectivity index (χ3n) is 3.54. The summed E-state index contributed by atoms with van der Waals surface area (Å²) in [6.45, 7) is 1.87. The number of hydrogen-bond donors (Lipinski definition) is 2. The second-order valence-corrected chi connectivity index (χ2v) is 4.77. The quantitative estimate of drug-likeness (QED) is 0.858. The maximum absolute atomic E-state index is 12.1. The Morgan fingerprint density at radius 1 is 1.28 bits per heavy atom. The molecule has 1 saturated carbocycles. The van der Waals surface area contributed by atoms with Crippen LogP contribution >= 0.6 is 0 Å². The van der Waals surface area contributed by atoms with E-state index in [1.165, 1.54) is 0 Å². The largest absolute Gasteiger partial charge is 0.481 e. The van der Waals surface area contributed by atoms with Gasteiger partial charge in [-0.15, -0.1) is 0 Å². The maximum Gasteiger partial charge on any atom is 0.308 e. The molecule has 2 rings (SSSR count). The molecule has 18 heavy (non-hydrogen) atoms. The van der Waals surface area contributed by atoms with Crippen molar-refractivity contribution in [2.75, 3.05) is 0 Å². The Labute approximate surface area is 106 Å². The number of carboxylic acid groups (broad SMARTS) is 1. The van der Waals surface area contributed by atoms with Crippen LogP contribution in [0.3, 0.4) is 0 Å². The zero-order valence-electron chi connectivity index (χ0n) is 10.3. The van der Waals surface area contributed by atoms with Crippen molar-refractivity contribution in [1.82, 2.24) is 5.32 Å². The van der Waals surface area contributed by atoms with Crippen molar-refractivity contribution in [3.63, 3.8) is 0 Å². The Morgan fingerprint density at radius 2 is 2.00 bits per heavy atom. The smallest absolute Gasteiger partial charge is 0.308 e. The molecule has 0 aliphatic heterocycles. The van der Waals surface area contributed by atoms with E-state index in [-0.39, 0.29) is 11.9 Å². The normalized spacial score (nSPS) is 22.7. The molecule has 0 bridgehead atoms. The van der Waals surface area contributed by atoms with Gasteiger partial charge in [0.1, 0.15) is 0 Å². The molecule has 4 heteroatoms. The lowest BCUT2D eigenvalue weighted by Crippen LogP contribution is -2.40. The van der Waals surface area contributed by atoms with Gasteiger partial charge >= 0.3 is 5.97 Å². The molecule has 0 aromatic heterocycles. The summed E-state index contributed by atoms with van der Waals surface area (Å²) in [6.07, 6.45) is 2.25. The standard InChI is InChI=1S/C14H17NO3/c1-9-5-2-3-6-10(9)13(16)15-12-8-4-7-11(12)14(17)18/h2-3,5-6,11-12H,4,7-8H2,1H3,(H,15,16)(H,17,18). The van der Waals surface area contributed by atoms with Gasteiger partial charge in [0, 0.05) is 11.6 Å². The number of aryl methyl sites for hydroxylation is 1. The molecule has 1 aliphatic carbocycles. The SMILES string of the molecule is Cc1ccccc1C(=O)NC1CCCC1C(=O)O. The fraction of sp³-hybridized carbons (Fsp3) is 0.429. The number of carbonyl (C=O) groups excluding carboxylic acids is 1. The minimum atomic E-state index is -0.817. The average molecular weight is 247 g/mol. The zero-order chi connectivity index (χ0) is 13.1. The van der Waals surface area contributed by atoms with Crippen LogP contribution in [0.4, 0.5) is 0 Å². The molecule has 0 saturated heterocycles. The van der Waals surface area contributed by atoms with Crippen LogP contribution in [0.25, 0.3) is 0 Å². The average Bonchev–Trinajstić information content (AvgIpc) is 2.77. The van der Waals surface area contributed by atoms with Gasteiger partial charge in [0.05, 0.1) is 5.92 Å². The number of hydrogen-bond acceptors (Lipinski definition) is 2. The molecule has 1 fully saturated rings. The van der Waals surface area contributed by atoms with Crippen molar-refractivity contribution in [3.05, 3.63) is 35.4 Å². The van der Waals surface area contributed by atoms with Gasteiger partial charge in [-0.3, -0.25) is 9.59 Å². The molecule has 0 heterocycles. The highest BCUT2D eigenvalue weighted by atomic mass is 16.4. The van der Waals surface area contributed by atoms with Gasteiger partial charge in [-0.05, 0) is 31.4 Å². The second-order valence-electron chi connectivity index (χ2n) is 4.77. The molecular formula is C14H17NO3. The third kappa shape index (κ3) is 2.53. The topological polar surface area (TPSA) is 66.4 Å². The lowest BCUT2D eigenvalue weighted by molar-refractivity contribution is -0.142. The lowest BCUT2D eigenvalue weighted by Gasteiger charge is -2.18. The molecular weight excluding hydrogens is 230 g/mol. The summed E-state index contributed by atoms with van der Waals surface area (Å²) in [5.41, 5.74) is 1.52. The van der Waals surface area contributed by atoms with Crippen molar-refractivity contribution >= 4 is 11.9 Å². The highest BCUT2D eigenvalue weighted by molar-refractivity contribution is 5.96. The molecule has 96 valence electrons. The molecule has 2 unspecified atom stereocenters. The van der Waals surface area contributed by atoms with Crippen LogP contribution in [0.1, 0.15) is 35.2 Å². The van der Waals surface area contributed by atoms with Gasteiger partial charge in [-0.25, -0.2) is 0 Å². The molecule has 0 spiro atoms. The number of carboxylic acids is 1. The van der Waals surface area contributed by atoms with Gasteiger partial charge in [0.25, 0.3) is 5.91 Å². The minimum absolute atomic E-state index is 0.175. The number of benzene rings is 1. The summed E-state index contributed by atoms with van der Waals surface area (Å²) in [5, 5.41) is 11.9. The third-order valence-corrected chi connectivity index (χ3v) is 3.54. The van der Waals surface area contributed by atoms with Crippen LogP contribution in [-0.4, -0.2) is 23.0 Å². The van der Waals surface area contributed by atoms with E-state index in [0.29, 0.717) is 12.0 Å². The molecule has 4 nitrogen and oxygen atoms in total. The Kier molecular flexibility index (Phi) is 3.65. The van der Waals surface area contributed by atoms with Gasteiger partial charge in [0.2, 0.25) is 0 Å². The van der Waals surface area contributed by atoms with Crippen LogP contribution in [0.5, 0.6) is 0 Å². The van der Waals surface area contributed by atoms with Crippen molar-refractivity contribution in [2.45, 2.75) is 32.2 Å². The van der Waals surface area contributed by atoms with E-state index in [4.69, 9.17) is 5.11 Å². The van der Waals surface area contributed by atoms with E-state index in [9.17, 15) is 9.59 Å². The first kappa shape index (κ1) is 12.6. The number of carbonyl (C=O) groups is 2. The molecule has 1 aliphatic rings. The van der Waals surface area contributed by atoms with Crippen LogP contribution in [0.2, 0.25) is 0 Å². The first-order valence-electron chi connectivity index (χ1n) is 6.19. The van der Waals surface area contributed by atoms with Gasteiger partial charge in [0.15, 0.2) is 0 Å². The Morgan fingerprint density at radius 3 is 2.67 bits per heavy atom. The van der Waals surface area contributed by atoms with Gasteiger partial charge in [-0.1, -0.05) is 24.6 Å². The molecule has 1 aromatic carbocycles. The highest BCUT2D eigenvalue weighted by Crippen LogP contribution is 2.26. The predicted octanol–water partition coefficient (Wildman–Crippen LogP) is 1.98. The minimum Gasteiger partial charge on any atom is -0.481 e. The van der Waals surface area contributed by atoms with Crippen molar-refractivity contribution < 1.29 is 14.7 Å². The van der Waals surface area contributed by atoms with Crippen molar-refractivity contribution in [2.24, 2.45) is 5.92 Å². The van der Waals surface area contributed by atoms with E-state index < -0.39 is 11.9 Å². The van der Waals surface area contributed by atoms with Crippen molar-refractivity contribution in [1.29, 1.82) is 0 Å².